The number of aromatic amines is 1. The second-order valence-electron chi connectivity index (χ2n) is 10.8. The van der Waals surface area contributed by atoms with Crippen molar-refractivity contribution in [1.29, 1.82) is 0 Å². The zero-order chi connectivity index (χ0) is 27.4. The maximum Gasteiger partial charge on any atom is 0.351 e. The fourth-order valence-corrected chi connectivity index (χ4v) is 5.06. The molecule has 0 spiro atoms. The first-order valence-corrected chi connectivity index (χ1v) is 15.6. The average Bonchev–Trinajstić information content (AvgIpc) is 2.89. The van der Waals surface area contributed by atoms with Gasteiger partial charge in [0.1, 0.15) is 11.2 Å². The summed E-state index contributed by atoms with van der Waals surface area (Å²) in [5.41, 5.74) is 5.47. The second-order valence-corrected chi connectivity index (χ2v) is 10.8. The van der Waals surface area contributed by atoms with Crippen molar-refractivity contribution in [2.45, 2.75) is 149 Å². The standard InChI is InChI=1S/C30H54N6O2/c1-3-5-7-9-11-13-15-17-19-21-23-32-29-34-27-25(28(37)35-29)26(31)33-30(38)36(27)24-22-20-18-16-14-12-10-8-6-4-2/h3-24H2,1-2H3,(H2,31,33,38)(H2,32,34,35,37). The van der Waals surface area contributed by atoms with E-state index in [1.54, 1.807) is 0 Å². The van der Waals surface area contributed by atoms with Crippen LogP contribution in [0, 0.1) is 0 Å². The highest BCUT2D eigenvalue weighted by Gasteiger charge is 2.14. The average molecular weight is 531 g/mol. The first-order valence-electron chi connectivity index (χ1n) is 15.6. The van der Waals surface area contributed by atoms with E-state index in [4.69, 9.17) is 5.73 Å². The van der Waals surface area contributed by atoms with E-state index in [9.17, 15) is 9.59 Å². The van der Waals surface area contributed by atoms with Gasteiger partial charge in [0.25, 0.3) is 5.56 Å². The minimum absolute atomic E-state index is 0.0562. The molecule has 2 aromatic rings. The van der Waals surface area contributed by atoms with Crippen LogP contribution in [-0.2, 0) is 6.54 Å². The van der Waals surface area contributed by atoms with Gasteiger partial charge in [-0.3, -0.25) is 14.3 Å². The molecule has 8 nitrogen and oxygen atoms in total. The SMILES string of the molecule is CCCCCCCCCCCCNc1nc2c(c(N)nc(=O)n2CCCCCCCCCCCC)c(=O)[nH]1. The monoisotopic (exact) mass is 530 g/mol. The number of nitrogen functional groups attached to an aromatic ring is 1. The number of unbranched alkanes of at least 4 members (excludes halogenated alkanes) is 18. The van der Waals surface area contributed by atoms with E-state index in [1.807, 2.05) is 0 Å². The number of fused-ring (bicyclic) bond motifs is 1. The molecule has 2 heterocycles. The number of nitrogens with two attached hydrogens (primary N) is 1. The van der Waals surface area contributed by atoms with Gasteiger partial charge in [0.2, 0.25) is 5.95 Å². The second kappa shape index (κ2) is 19.7. The lowest BCUT2D eigenvalue weighted by Gasteiger charge is -2.12. The van der Waals surface area contributed by atoms with Crippen LogP contribution >= 0.6 is 0 Å². The molecule has 0 saturated carbocycles. The van der Waals surface area contributed by atoms with E-state index >= 15 is 0 Å². The van der Waals surface area contributed by atoms with Gasteiger partial charge in [-0.2, -0.15) is 9.97 Å². The van der Waals surface area contributed by atoms with E-state index in [1.165, 1.54) is 101 Å². The number of hydrogen-bond acceptors (Lipinski definition) is 6. The molecule has 0 aliphatic rings. The van der Waals surface area contributed by atoms with Crippen molar-refractivity contribution in [3.63, 3.8) is 0 Å². The van der Waals surface area contributed by atoms with Gasteiger partial charge in [0, 0.05) is 13.1 Å². The van der Waals surface area contributed by atoms with Crippen molar-refractivity contribution < 1.29 is 0 Å². The Morgan fingerprint density at radius 2 is 1.16 bits per heavy atom. The van der Waals surface area contributed by atoms with Crippen LogP contribution in [0.1, 0.15) is 142 Å². The number of nitrogens with one attached hydrogen (secondary N) is 2. The zero-order valence-corrected chi connectivity index (χ0v) is 24.3. The molecule has 0 amide bonds. The van der Waals surface area contributed by atoms with E-state index in [0.717, 1.165) is 38.6 Å². The number of anilines is 2. The van der Waals surface area contributed by atoms with Crippen LogP contribution in [-0.4, -0.2) is 26.1 Å². The summed E-state index contributed by atoms with van der Waals surface area (Å²) in [6, 6.07) is 0. The molecule has 0 bridgehead atoms. The van der Waals surface area contributed by atoms with Crippen molar-refractivity contribution in [3.8, 4) is 0 Å². The quantitative estimate of drug-likeness (QED) is 0.130. The van der Waals surface area contributed by atoms with E-state index in [0.29, 0.717) is 18.1 Å². The highest BCUT2D eigenvalue weighted by Crippen LogP contribution is 2.15. The largest absolute Gasteiger partial charge is 0.383 e. The third kappa shape index (κ3) is 12.0. The lowest BCUT2D eigenvalue weighted by Crippen LogP contribution is -2.28. The highest BCUT2D eigenvalue weighted by molar-refractivity contribution is 5.85. The van der Waals surface area contributed by atoms with Gasteiger partial charge in [0.15, 0.2) is 5.65 Å². The Balaban J connectivity index is 1.80. The topological polar surface area (TPSA) is 119 Å². The summed E-state index contributed by atoms with van der Waals surface area (Å²) < 4.78 is 1.51. The van der Waals surface area contributed by atoms with Gasteiger partial charge < -0.3 is 11.1 Å². The smallest absolute Gasteiger partial charge is 0.351 e. The van der Waals surface area contributed by atoms with Gasteiger partial charge >= 0.3 is 5.69 Å². The van der Waals surface area contributed by atoms with E-state index < -0.39 is 5.69 Å². The Bertz CT molecular complexity index is 1020. The fourth-order valence-electron chi connectivity index (χ4n) is 5.06. The summed E-state index contributed by atoms with van der Waals surface area (Å²) in [5.74, 6) is 0.333. The van der Waals surface area contributed by atoms with E-state index in [2.05, 4.69) is 34.1 Å². The van der Waals surface area contributed by atoms with Gasteiger partial charge in [-0.05, 0) is 12.8 Å². The predicted molar refractivity (Wildman–Crippen MR) is 161 cm³/mol. The lowest BCUT2D eigenvalue weighted by molar-refractivity contribution is 0.531. The normalized spacial score (nSPS) is 11.4. The Hall–Kier alpha value is -2.38. The Labute approximate surface area is 229 Å². The molecule has 2 aromatic heterocycles. The first-order chi connectivity index (χ1) is 18.6. The van der Waals surface area contributed by atoms with Gasteiger partial charge in [0.05, 0.1) is 0 Å². The van der Waals surface area contributed by atoms with Crippen molar-refractivity contribution in [1.82, 2.24) is 19.5 Å². The summed E-state index contributed by atoms with van der Waals surface area (Å²) >= 11 is 0. The highest BCUT2D eigenvalue weighted by atomic mass is 16.1. The molecule has 0 aliphatic heterocycles. The maximum absolute atomic E-state index is 12.8. The fraction of sp³-hybridized carbons (Fsp3) is 0.800. The van der Waals surface area contributed by atoms with Crippen molar-refractivity contribution in [2.75, 3.05) is 17.6 Å². The van der Waals surface area contributed by atoms with Gasteiger partial charge in [-0.25, -0.2) is 4.79 Å². The Kier molecular flexibility index (Phi) is 16.5. The molecule has 38 heavy (non-hydrogen) atoms. The maximum atomic E-state index is 12.8. The third-order valence-electron chi connectivity index (χ3n) is 7.42. The number of aromatic nitrogens is 4. The molecule has 2 rings (SSSR count). The Morgan fingerprint density at radius 3 is 1.68 bits per heavy atom. The summed E-state index contributed by atoms with van der Waals surface area (Å²) in [7, 11) is 0. The third-order valence-corrected chi connectivity index (χ3v) is 7.42. The minimum Gasteiger partial charge on any atom is -0.383 e. The van der Waals surface area contributed by atoms with Crippen LogP contribution in [0.25, 0.3) is 11.0 Å². The molecule has 0 aromatic carbocycles. The van der Waals surface area contributed by atoms with Crippen LogP contribution in [0.5, 0.6) is 0 Å². The van der Waals surface area contributed by atoms with Crippen LogP contribution in [0.4, 0.5) is 11.8 Å². The molecule has 0 atom stereocenters. The number of nitrogens with zero attached hydrogens (tertiary/aromatic N) is 3. The number of H-pyrrole nitrogens is 1. The van der Waals surface area contributed by atoms with Crippen LogP contribution < -0.4 is 22.3 Å². The van der Waals surface area contributed by atoms with Gasteiger partial charge in [-0.1, -0.05) is 129 Å². The summed E-state index contributed by atoms with van der Waals surface area (Å²) in [6.45, 7) is 5.72. The zero-order valence-electron chi connectivity index (χ0n) is 24.3. The molecule has 8 heteroatoms. The van der Waals surface area contributed by atoms with Crippen LogP contribution in [0.2, 0.25) is 0 Å². The minimum atomic E-state index is -0.440. The molecule has 0 fully saturated rings. The molecule has 4 N–H and O–H groups in total. The molecule has 0 unspecified atom stereocenters. The van der Waals surface area contributed by atoms with Crippen molar-refractivity contribution in [2.24, 2.45) is 0 Å². The van der Waals surface area contributed by atoms with Gasteiger partial charge in [-0.15, -0.1) is 0 Å². The predicted octanol–water partition coefficient (Wildman–Crippen LogP) is 7.32. The van der Waals surface area contributed by atoms with E-state index in [-0.39, 0.29) is 16.8 Å². The lowest BCUT2D eigenvalue weighted by atomic mass is 10.1. The first kappa shape index (κ1) is 31.8. The van der Waals surface area contributed by atoms with Crippen molar-refractivity contribution >= 4 is 22.8 Å². The summed E-state index contributed by atoms with van der Waals surface area (Å²) in [5, 5.41) is 3.43. The van der Waals surface area contributed by atoms with Crippen LogP contribution in [0.15, 0.2) is 9.59 Å². The number of aryl methyl sites for hydroxylation is 1. The Morgan fingerprint density at radius 1 is 0.684 bits per heavy atom. The molecule has 216 valence electrons. The number of rotatable bonds is 23. The molecule has 0 aliphatic carbocycles. The molecular formula is C30H54N6O2. The molecule has 0 saturated heterocycles. The van der Waals surface area contributed by atoms with Crippen LogP contribution in [0.3, 0.4) is 0 Å². The summed E-state index contributed by atoms with van der Waals surface area (Å²) in [6.07, 6.45) is 24.9. The van der Waals surface area contributed by atoms with Crippen molar-refractivity contribution in [3.05, 3.63) is 20.8 Å². The number of hydrogen-bond donors (Lipinski definition) is 3. The molecular weight excluding hydrogens is 476 g/mol. The molecule has 0 radical (unpaired) electrons. The summed E-state index contributed by atoms with van der Waals surface area (Å²) in [4.78, 5) is 36.6.